The number of hydrogen-bond donors (Lipinski definition) is 0. The van der Waals surface area contributed by atoms with Gasteiger partial charge in [0, 0.05) is 49.9 Å². The van der Waals surface area contributed by atoms with Crippen LogP contribution in [0.15, 0.2) is 42.5 Å². The van der Waals surface area contributed by atoms with E-state index in [2.05, 4.69) is 12.1 Å². The number of hydrogen-bond acceptors (Lipinski definition) is 3. The topological polar surface area (TPSA) is 60.9 Å². The summed E-state index contributed by atoms with van der Waals surface area (Å²) >= 11 is 0. The first-order valence-corrected chi connectivity index (χ1v) is 13.0. The molecule has 0 radical (unpaired) electrons. The smallest absolute Gasteiger partial charge is 0.253 e. The number of likely N-dealkylation sites (tertiary alicyclic amines) is 2. The number of amides is 3. The largest absolute Gasteiger partial charge is 0.342 e. The van der Waals surface area contributed by atoms with E-state index in [4.69, 9.17) is 0 Å². The highest BCUT2D eigenvalue weighted by molar-refractivity contribution is 5.97. The van der Waals surface area contributed by atoms with Crippen LogP contribution in [0.2, 0.25) is 0 Å². The van der Waals surface area contributed by atoms with Crippen molar-refractivity contribution in [1.29, 1.82) is 0 Å². The average Bonchev–Trinajstić information content (AvgIpc) is 3.31. The van der Waals surface area contributed by atoms with Crippen molar-refractivity contribution < 1.29 is 14.4 Å². The summed E-state index contributed by atoms with van der Waals surface area (Å²) in [5.41, 5.74) is 5.15. The van der Waals surface area contributed by atoms with Crippen LogP contribution in [0.25, 0.3) is 0 Å². The highest BCUT2D eigenvalue weighted by Crippen LogP contribution is 2.31. The minimum Gasteiger partial charge on any atom is -0.342 e. The number of para-hydroxylation sites is 1. The Hall–Kier alpha value is -3.15. The van der Waals surface area contributed by atoms with Crippen LogP contribution >= 0.6 is 0 Å². The number of rotatable bonds is 3. The molecular weight excluding hydrogens is 438 g/mol. The van der Waals surface area contributed by atoms with Crippen molar-refractivity contribution in [2.24, 2.45) is 11.8 Å². The summed E-state index contributed by atoms with van der Waals surface area (Å²) in [6.07, 6.45) is 4.00. The minimum atomic E-state index is -0.156. The van der Waals surface area contributed by atoms with Crippen LogP contribution in [0, 0.1) is 25.7 Å². The van der Waals surface area contributed by atoms with Crippen molar-refractivity contribution >= 4 is 23.4 Å². The van der Waals surface area contributed by atoms with Gasteiger partial charge >= 0.3 is 0 Å². The second-order valence-corrected chi connectivity index (χ2v) is 10.4. The summed E-state index contributed by atoms with van der Waals surface area (Å²) in [4.78, 5) is 45.4. The summed E-state index contributed by atoms with van der Waals surface area (Å²) in [5, 5.41) is 0. The van der Waals surface area contributed by atoms with Gasteiger partial charge in [-0.15, -0.1) is 0 Å². The van der Waals surface area contributed by atoms with Crippen molar-refractivity contribution in [3.05, 3.63) is 64.7 Å². The highest BCUT2D eigenvalue weighted by Gasteiger charge is 2.36. The van der Waals surface area contributed by atoms with Crippen LogP contribution in [-0.4, -0.2) is 60.2 Å². The minimum absolute atomic E-state index is 0.0181. The number of nitrogens with zero attached hydrogens (tertiary/aromatic N) is 3. The lowest BCUT2D eigenvalue weighted by Crippen LogP contribution is -2.50. The molecule has 0 spiro atoms. The third kappa shape index (κ3) is 4.84. The summed E-state index contributed by atoms with van der Waals surface area (Å²) in [7, 11) is 0. The maximum atomic E-state index is 13.4. The standard InChI is InChI=1S/C29H35N3O3/c1-20-16-21(2)18-25(17-20)28(34)31-12-5-7-24(19-31)27(33)30-13-9-23(10-14-30)29(35)32-15-11-22-6-3-4-8-26(22)32/h3-4,6,8,16-18,23-24H,5,7,9-15,19H2,1-2H3. The van der Waals surface area contributed by atoms with Gasteiger partial charge < -0.3 is 14.7 Å². The van der Waals surface area contributed by atoms with Gasteiger partial charge in [-0.05, 0) is 69.7 Å². The molecule has 0 bridgehead atoms. The molecule has 2 aromatic rings. The molecular formula is C29H35N3O3. The molecule has 0 N–H and O–H groups in total. The summed E-state index contributed by atoms with van der Waals surface area (Å²) in [6.45, 7) is 7.17. The normalized spacial score (nSPS) is 20.6. The van der Waals surface area contributed by atoms with Gasteiger partial charge in [-0.2, -0.15) is 0 Å². The van der Waals surface area contributed by atoms with Crippen LogP contribution in [0.3, 0.4) is 0 Å². The first kappa shape index (κ1) is 23.6. The van der Waals surface area contributed by atoms with E-state index in [-0.39, 0.29) is 29.6 Å². The fraction of sp³-hybridized carbons (Fsp3) is 0.483. The Balaban J connectivity index is 1.17. The fourth-order valence-electron chi connectivity index (χ4n) is 6.04. The van der Waals surface area contributed by atoms with E-state index < -0.39 is 0 Å². The van der Waals surface area contributed by atoms with Gasteiger partial charge in [0.05, 0.1) is 5.92 Å². The van der Waals surface area contributed by atoms with Crippen LogP contribution < -0.4 is 4.90 Å². The zero-order valence-corrected chi connectivity index (χ0v) is 20.8. The molecule has 2 saturated heterocycles. The van der Waals surface area contributed by atoms with Gasteiger partial charge in [0.2, 0.25) is 11.8 Å². The predicted molar refractivity (Wildman–Crippen MR) is 136 cm³/mol. The number of anilines is 1. The van der Waals surface area contributed by atoms with E-state index in [1.807, 2.05) is 58.9 Å². The van der Waals surface area contributed by atoms with E-state index in [9.17, 15) is 14.4 Å². The molecule has 3 heterocycles. The highest BCUT2D eigenvalue weighted by atomic mass is 16.2. The van der Waals surface area contributed by atoms with Crippen LogP contribution in [-0.2, 0) is 16.0 Å². The first-order chi connectivity index (χ1) is 16.9. The fourth-order valence-corrected chi connectivity index (χ4v) is 6.04. The monoisotopic (exact) mass is 473 g/mol. The lowest BCUT2D eigenvalue weighted by atomic mass is 9.91. The maximum Gasteiger partial charge on any atom is 0.253 e. The quantitative estimate of drug-likeness (QED) is 0.677. The third-order valence-corrected chi connectivity index (χ3v) is 7.84. The Labute approximate surface area is 207 Å². The van der Waals surface area contributed by atoms with E-state index >= 15 is 0 Å². The Kier molecular flexibility index (Phi) is 6.63. The zero-order chi connectivity index (χ0) is 24.5. The van der Waals surface area contributed by atoms with Crippen LogP contribution in [0.5, 0.6) is 0 Å². The Morgan fingerprint density at radius 3 is 2.23 bits per heavy atom. The van der Waals surface area contributed by atoms with Crippen LogP contribution in [0.4, 0.5) is 5.69 Å². The van der Waals surface area contributed by atoms with Gasteiger partial charge in [0.1, 0.15) is 0 Å². The summed E-state index contributed by atoms with van der Waals surface area (Å²) < 4.78 is 0. The lowest BCUT2D eigenvalue weighted by molar-refractivity contribution is -0.140. The number of carbonyl (C=O) groups is 3. The third-order valence-electron chi connectivity index (χ3n) is 7.84. The Bertz CT molecular complexity index is 1120. The molecule has 0 aromatic heterocycles. The van der Waals surface area contributed by atoms with Gasteiger partial charge in [-0.1, -0.05) is 35.4 Å². The molecule has 5 rings (SSSR count). The number of carbonyl (C=O) groups excluding carboxylic acids is 3. The van der Waals surface area contributed by atoms with Crippen molar-refractivity contribution in [2.45, 2.75) is 46.0 Å². The molecule has 0 aliphatic carbocycles. The van der Waals surface area contributed by atoms with Gasteiger partial charge in [0.15, 0.2) is 0 Å². The molecule has 3 amide bonds. The molecule has 1 unspecified atom stereocenters. The molecule has 3 aliphatic heterocycles. The average molecular weight is 474 g/mol. The zero-order valence-electron chi connectivity index (χ0n) is 20.8. The first-order valence-electron chi connectivity index (χ1n) is 13.0. The number of fused-ring (bicyclic) bond motifs is 1. The van der Waals surface area contributed by atoms with Crippen molar-refractivity contribution in [1.82, 2.24) is 9.80 Å². The maximum absolute atomic E-state index is 13.4. The molecule has 0 saturated carbocycles. The SMILES string of the molecule is Cc1cc(C)cc(C(=O)N2CCCC(C(=O)N3CCC(C(=O)N4CCc5ccccc54)CC3)C2)c1. The Morgan fingerprint density at radius 1 is 0.771 bits per heavy atom. The molecule has 184 valence electrons. The lowest BCUT2D eigenvalue weighted by Gasteiger charge is -2.38. The molecule has 2 aromatic carbocycles. The van der Waals surface area contributed by atoms with Crippen LogP contribution in [0.1, 0.15) is 52.7 Å². The molecule has 6 heteroatoms. The van der Waals surface area contributed by atoms with E-state index in [1.54, 1.807) is 0 Å². The number of aryl methyl sites for hydroxylation is 2. The van der Waals surface area contributed by atoms with E-state index in [1.165, 1.54) is 5.56 Å². The molecule has 35 heavy (non-hydrogen) atoms. The summed E-state index contributed by atoms with van der Waals surface area (Å²) in [5.74, 6) is 0.172. The van der Waals surface area contributed by atoms with Gasteiger partial charge in [-0.25, -0.2) is 0 Å². The van der Waals surface area contributed by atoms with Crippen molar-refractivity contribution in [3.8, 4) is 0 Å². The van der Waals surface area contributed by atoms with Crippen molar-refractivity contribution in [2.75, 3.05) is 37.6 Å². The predicted octanol–water partition coefficient (Wildman–Crippen LogP) is 3.98. The number of benzene rings is 2. The molecule has 6 nitrogen and oxygen atoms in total. The Morgan fingerprint density at radius 2 is 1.49 bits per heavy atom. The second kappa shape index (κ2) is 9.84. The molecule has 3 aliphatic rings. The van der Waals surface area contributed by atoms with Crippen molar-refractivity contribution in [3.63, 3.8) is 0 Å². The molecule has 2 fully saturated rings. The number of piperidine rings is 2. The van der Waals surface area contributed by atoms with E-state index in [0.29, 0.717) is 44.6 Å². The second-order valence-electron chi connectivity index (χ2n) is 10.4. The van der Waals surface area contributed by atoms with Gasteiger partial charge in [0.25, 0.3) is 5.91 Å². The summed E-state index contributed by atoms with van der Waals surface area (Å²) in [6, 6.07) is 14.1. The van der Waals surface area contributed by atoms with Gasteiger partial charge in [-0.3, -0.25) is 14.4 Å². The van der Waals surface area contributed by atoms with E-state index in [0.717, 1.165) is 42.6 Å². The molecule has 1 atom stereocenters.